The lowest BCUT2D eigenvalue weighted by atomic mass is 10.1. The summed E-state index contributed by atoms with van der Waals surface area (Å²) in [4.78, 5) is 8.78. The molecule has 1 aromatic carbocycles. The zero-order chi connectivity index (χ0) is 19.2. The number of nitrogens with one attached hydrogen (secondary N) is 1. The molecular formula is C19H23FN6O. The van der Waals surface area contributed by atoms with Gasteiger partial charge in [0.05, 0.1) is 17.3 Å². The molecule has 3 rings (SSSR count). The van der Waals surface area contributed by atoms with Crippen LogP contribution in [0.1, 0.15) is 22.6 Å². The number of benzene rings is 1. The molecule has 0 bridgehead atoms. The number of aliphatic imine (C=N–C) groups is 1. The van der Waals surface area contributed by atoms with Crippen LogP contribution in [0.15, 0.2) is 33.8 Å². The topological polar surface area (TPSA) is 80.7 Å². The summed E-state index contributed by atoms with van der Waals surface area (Å²) in [7, 11) is 1.72. The van der Waals surface area contributed by atoms with Gasteiger partial charge in [0.15, 0.2) is 5.96 Å². The molecule has 0 atom stereocenters. The van der Waals surface area contributed by atoms with E-state index in [1.165, 1.54) is 12.1 Å². The molecule has 0 radical (unpaired) electrons. The van der Waals surface area contributed by atoms with Crippen LogP contribution in [0.2, 0.25) is 0 Å². The summed E-state index contributed by atoms with van der Waals surface area (Å²) in [5, 5.41) is 16.2. The third-order valence-corrected chi connectivity index (χ3v) is 4.56. The van der Waals surface area contributed by atoms with Crippen LogP contribution in [0.3, 0.4) is 0 Å². The van der Waals surface area contributed by atoms with Crippen molar-refractivity contribution in [3.63, 3.8) is 0 Å². The SMILES string of the molecule is CN=C(NCc1cc(C#N)ccc1F)N1CCN(Cc2cc(C)on2)CC1. The number of nitriles is 1. The van der Waals surface area contributed by atoms with Gasteiger partial charge in [-0.15, -0.1) is 0 Å². The van der Waals surface area contributed by atoms with Gasteiger partial charge in [-0.05, 0) is 25.1 Å². The predicted octanol–water partition coefficient (Wildman–Crippen LogP) is 1.89. The second-order valence-electron chi connectivity index (χ2n) is 6.51. The van der Waals surface area contributed by atoms with Crippen LogP contribution in [-0.2, 0) is 13.1 Å². The van der Waals surface area contributed by atoms with Gasteiger partial charge in [-0.3, -0.25) is 9.89 Å². The van der Waals surface area contributed by atoms with Crippen molar-refractivity contribution in [2.45, 2.75) is 20.0 Å². The number of guanidine groups is 1. The number of aryl methyl sites for hydroxylation is 1. The van der Waals surface area contributed by atoms with Crippen molar-refractivity contribution in [2.75, 3.05) is 33.2 Å². The summed E-state index contributed by atoms with van der Waals surface area (Å²) in [6.07, 6.45) is 0. The number of halogens is 1. The summed E-state index contributed by atoms with van der Waals surface area (Å²) >= 11 is 0. The Labute approximate surface area is 158 Å². The van der Waals surface area contributed by atoms with Gasteiger partial charge >= 0.3 is 0 Å². The van der Waals surface area contributed by atoms with Gasteiger partial charge in [0, 0.05) is 57.9 Å². The van der Waals surface area contributed by atoms with Crippen LogP contribution >= 0.6 is 0 Å². The molecule has 0 aliphatic carbocycles. The lowest BCUT2D eigenvalue weighted by Crippen LogP contribution is -2.52. The van der Waals surface area contributed by atoms with E-state index in [2.05, 4.69) is 25.3 Å². The summed E-state index contributed by atoms with van der Waals surface area (Å²) in [6.45, 7) is 6.33. The van der Waals surface area contributed by atoms with Gasteiger partial charge in [0.1, 0.15) is 11.6 Å². The Morgan fingerprint density at radius 1 is 1.33 bits per heavy atom. The second-order valence-corrected chi connectivity index (χ2v) is 6.51. The van der Waals surface area contributed by atoms with E-state index >= 15 is 0 Å². The predicted molar refractivity (Wildman–Crippen MR) is 99.4 cm³/mol. The van der Waals surface area contributed by atoms with Crippen LogP contribution in [0.5, 0.6) is 0 Å². The fourth-order valence-electron chi connectivity index (χ4n) is 3.13. The summed E-state index contributed by atoms with van der Waals surface area (Å²) in [5.74, 6) is 1.22. The lowest BCUT2D eigenvalue weighted by molar-refractivity contribution is 0.169. The van der Waals surface area contributed by atoms with E-state index in [0.29, 0.717) is 11.1 Å². The maximum atomic E-state index is 13.9. The van der Waals surface area contributed by atoms with Gasteiger partial charge in [-0.1, -0.05) is 5.16 Å². The third-order valence-electron chi connectivity index (χ3n) is 4.56. The first kappa shape index (κ1) is 18.9. The molecule has 27 heavy (non-hydrogen) atoms. The minimum absolute atomic E-state index is 0.284. The smallest absolute Gasteiger partial charge is 0.194 e. The van der Waals surface area contributed by atoms with E-state index in [0.717, 1.165) is 50.1 Å². The van der Waals surface area contributed by atoms with E-state index in [9.17, 15) is 4.39 Å². The highest BCUT2D eigenvalue weighted by atomic mass is 19.1. The monoisotopic (exact) mass is 370 g/mol. The van der Waals surface area contributed by atoms with Crippen molar-refractivity contribution < 1.29 is 8.91 Å². The van der Waals surface area contributed by atoms with Gasteiger partial charge in [0.2, 0.25) is 0 Å². The fraction of sp³-hybridized carbons (Fsp3) is 0.421. The van der Waals surface area contributed by atoms with E-state index in [-0.39, 0.29) is 12.4 Å². The molecule has 1 N–H and O–H groups in total. The van der Waals surface area contributed by atoms with Crippen molar-refractivity contribution in [1.29, 1.82) is 5.26 Å². The normalized spacial score (nSPS) is 15.6. The first-order valence-corrected chi connectivity index (χ1v) is 8.87. The Bertz CT molecular complexity index is 848. The van der Waals surface area contributed by atoms with Crippen LogP contribution in [0.25, 0.3) is 0 Å². The third kappa shape index (κ3) is 4.83. The van der Waals surface area contributed by atoms with Crippen LogP contribution in [0, 0.1) is 24.1 Å². The molecule has 2 heterocycles. The number of rotatable bonds is 4. The standard InChI is InChI=1S/C19H23FN6O/c1-14-9-17(24-27-14)13-25-5-7-26(8-6-25)19(22-2)23-12-16-10-15(11-21)3-4-18(16)20/h3-4,9-10H,5-8,12-13H2,1-2H3,(H,22,23). The maximum absolute atomic E-state index is 13.9. The Morgan fingerprint density at radius 2 is 2.11 bits per heavy atom. The molecular weight excluding hydrogens is 347 g/mol. The average Bonchev–Trinajstić information content (AvgIpc) is 3.09. The van der Waals surface area contributed by atoms with Gasteiger partial charge < -0.3 is 14.7 Å². The van der Waals surface area contributed by atoms with E-state index in [4.69, 9.17) is 9.78 Å². The van der Waals surface area contributed by atoms with Crippen molar-refractivity contribution >= 4 is 5.96 Å². The molecule has 8 heteroatoms. The zero-order valence-electron chi connectivity index (χ0n) is 15.6. The average molecular weight is 370 g/mol. The fourth-order valence-corrected chi connectivity index (χ4v) is 3.13. The highest BCUT2D eigenvalue weighted by Crippen LogP contribution is 2.12. The summed E-state index contributed by atoms with van der Waals surface area (Å²) in [6, 6.07) is 8.35. The van der Waals surface area contributed by atoms with Crippen molar-refractivity contribution in [3.8, 4) is 6.07 Å². The molecule has 2 aromatic rings. The summed E-state index contributed by atoms with van der Waals surface area (Å²) < 4.78 is 19.1. The first-order valence-electron chi connectivity index (χ1n) is 8.87. The van der Waals surface area contributed by atoms with Crippen LogP contribution < -0.4 is 5.32 Å². The largest absolute Gasteiger partial charge is 0.361 e. The van der Waals surface area contributed by atoms with E-state index in [1.807, 2.05) is 19.1 Å². The van der Waals surface area contributed by atoms with Crippen LogP contribution in [0.4, 0.5) is 4.39 Å². The highest BCUT2D eigenvalue weighted by Gasteiger charge is 2.20. The molecule has 142 valence electrons. The Hall–Kier alpha value is -2.92. The number of hydrogen-bond acceptors (Lipinski definition) is 5. The molecule has 7 nitrogen and oxygen atoms in total. The first-order chi connectivity index (χ1) is 13.1. The molecule has 0 spiro atoms. The number of piperazine rings is 1. The molecule has 1 fully saturated rings. The second kappa shape index (κ2) is 8.64. The van der Waals surface area contributed by atoms with Crippen molar-refractivity contribution in [1.82, 2.24) is 20.3 Å². The Morgan fingerprint density at radius 3 is 2.74 bits per heavy atom. The maximum Gasteiger partial charge on any atom is 0.194 e. The number of aromatic nitrogens is 1. The molecule has 0 amide bonds. The van der Waals surface area contributed by atoms with Crippen LogP contribution in [-0.4, -0.2) is 54.1 Å². The Balaban J connectivity index is 1.53. The molecule has 1 aliphatic heterocycles. The van der Waals surface area contributed by atoms with Gasteiger partial charge in [-0.2, -0.15) is 5.26 Å². The van der Waals surface area contributed by atoms with Gasteiger partial charge in [0.25, 0.3) is 0 Å². The summed E-state index contributed by atoms with van der Waals surface area (Å²) in [5.41, 5.74) is 1.84. The Kier molecular flexibility index (Phi) is 6.04. The minimum atomic E-state index is -0.329. The molecule has 0 saturated carbocycles. The molecule has 1 aliphatic rings. The molecule has 1 aromatic heterocycles. The van der Waals surface area contributed by atoms with Crippen molar-refractivity contribution in [2.24, 2.45) is 4.99 Å². The number of hydrogen-bond donors (Lipinski definition) is 1. The molecule has 0 unspecified atom stereocenters. The highest BCUT2D eigenvalue weighted by molar-refractivity contribution is 5.80. The minimum Gasteiger partial charge on any atom is -0.361 e. The van der Waals surface area contributed by atoms with Gasteiger partial charge in [-0.25, -0.2) is 4.39 Å². The van der Waals surface area contributed by atoms with Crippen molar-refractivity contribution in [3.05, 3.63) is 52.7 Å². The van der Waals surface area contributed by atoms with E-state index in [1.54, 1.807) is 13.1 Å². The molecule has 1 saturated heterocycles. The lowest BCUT2D eigenvalue weighted by Gasteiger charge is -2.36. The zero-order valence-corrected chi connectivity index (χ0v) is 15.6. The number of nitrogens with zero attached hydrogens (tertiary/aromatic N) is 5. The van der Waals surface area contributed by atoms with E-state index < -0.39 is 0 Å². The quantitative estimate of drug-likeness (QED) is 0.654.